The van der Waals surface area contributed by atoms with Crippen LogP contribution in [-0.4, -0.2) is 87.1 Å². The van der Waals surface area contributed by atoms with Gasteiger partial charge in [0, 0.05) is 59.4 Å². The van der Waals surface area contributed by atoms with Gasteiger partial charge in [-0.15, -0.1) is 0 Å². The first-order valence-electron chi connectivity index (χ1n) is 8.05. The molecule has 0 aromatic heterocycles. The molecule has 1 N–H and O–H groups in total. The SMILES string of the molecule is CN=C(NCC(C)CN1CCN(C)CC1)N1CCCC1. The second-order valence-corrected chi connectivity index (χ2v) is 6.33. The van der Waals surface area contributed by atoms with Crippen LogP contribution in [0.3, 0.4) is 0 Å². The molecule has 0 bridgehead atoms. The Morgan fingerprint density at radius 3 is 2.35 bits per heavy atom. The van der Waals surface area contributed by atoms with Gasteiger partial charge in [0.15, 0.2) is 5.96 Å². The summed E-state index contributed by atoms with van der Waals surface area (Å²) in [6.07, 6.45) is 2.61. The highest BCUT2D eigenvalue weighted by Gasteiger charge is 2.18. The predicted molar refractivity (Wildman–Crippen MR) is 85.3 cm³/mol. The highest BCUT2D eigenvalue weighted by atomic mass is 15.3. The molecular formula is C15H31N5. The van der Waals surface area contributed by atoms with Crippen LogP contribution < -0.4 is 5.32 Å². The number of likely N-dealkylation sites (tertiary alicyclic amines) is 1. The average Bonchev–Trinajstić information content (AvgIpc) is 2.96. The Kier molecular flexibility index (Phi) is 6.10. The largest absolute Gasteiger partial charge is 0.356 e. The summed E-state index contributed by atoms with van der Waals surface area (Å²) in [5.74, 6) is 1.76. The number of rotatable bonds is 4. The maximum atomic E-state index is 4.41. The van der Waals surface area contributed by atoms with E-state index < -0.39 is 0 Å². The number of hydrogen-bond acceptors (Lipinski definition) is 3. The van der Waals surface area contributed by atoms with Crippen LogP contribution in [0.4, 0.5) is 0 Å². The Labute approximate surface area is 124 Å². The number of piperazine rings is 1. The molecule has 1 atom stereocenters. The molecule has 2 fully saturated rings. The maximum Gasteiger partial charge on any atom is 0.193 e. The predicted octanol–water partition coefficient (Wildman–Crippen LogP) is 0.541. The number of aliphatic imine (C=N–C) groups is 1. The first kappa shape index (κ1) is 15.6. The molecular weight excluding hydrogens is 250 g/mol. The standard InChI is InChI=1S/C15H31N5/c1-14(13-19-10-8-18(3)9-11-19)12-17-15(16-2)20-6-4-5-7-20/h14H,4-13H2,1-3H3,(H,16,17). The molecule has 0 aromatic carbocycles. The van der Waals surface area contributed by atoms with Gasteiger partial charge >= 0.3 is 0 Å². The Morgan fingerprint density at radius 1 is 1.10 bits per heavy atom. The number of guanidine groups is 1. The third-order valence-electron chi connectivity index (χ3n) is 4.39. The van der Waals surface area contributed by atoms with Gasteiger partial charge in [-0.3, -0.25) is 4.99 Å². The summed E-state index contributed by atoms with van der Waals surface area (Å²) in [7, 11) is 4.11. The van der Waals surface area contributed by atoms with Crippen LogP contribution in [0.5, 0.6) is 0 Å². The van der Waals surface area contributed by atoms with Crippen LogP contribution >= 0.6 is 0 Å². The zero-order chi connectivity index (χ0) is 14.4. The molecule has 2 aliphatic rings. The Bertz CT molecular complexity index is 303. The van der Waals surface area contributed by atoms with Crippen molar-refractivity contribution in [2.75, 3.05) is 66.5 Å². The van der Waals surface area contributed by atoms with E-state index in [-0.39, 0.29) is 0 Å². The second-order valence-electron chi connectivity index (χ2n) is 6.33. The van der Waals surface area contributed by atoms with Crippen LogP contribution in [0, 0.1) is 5.92 Å². The number of nitrogens with zero attached hydrogens (tertiary/aromatic N) is 4. The maximum absolute atomic E-state index is 4.41. The summed E-state index contributed by atoms with van der Waals surface area (Å²) in [6.45, 7) is 11.7. The average molecular weight is 281 g/mol. The van der Waals surface area contributed by atoms with Gasteiger partial charge in [-0.1, -0.05) is 6.92 Å². The quantitative estimate of drug-likeness (QED) is 0.602. The van der Waals surface area contributed by atoms with Gasteiger partial charge in [0.25, 0.3) is 0 Å². The van der Waals surface area contributed by atoms with Crippen LogP contribution in [0.15, 0.2) is 4.99 Å². The van der Waals surface area contributed by atoms with Crippen LogP contribution in [0.25, 0.3) is 0 Å². The molecule has 20 heavy (non-hydrogen) atoms. The third-order valence-corrected chi connectivity index (χ3v) is 4.39. The lowest BCUT2D eigenvalue weighted by Gasteiger charge is -2.34. The fourth-order valence-corrected chi connectivity index (χ4v) is 3.06. The minimum absolute atomic E-state index is 0.665. The van der Waals surface area contributed by atoms with E-state index in [0.717, 1.165) is 25.6 Å². The van der Waals surface area contributed by atoms with E-state index in [9.17, 15) is 0 Å². The summed E-state index contributed by atoms with van der Waals surface area (Å²) in [5, 5.41) is 3.55. The number of hydrogen-bond donors (Lipinski definition) is 1. The molecule has 0 amide bonds. The molecule has 0 spiro atoms. The van der Waals surface area contributed by atoms with Crippen molar-refractivity contribution in [3.05, 3.63) is 0 Å². The summed E-state index contributed by atoms with van der Waals surface area (Å²) in [5.41, 5.74) is 0. The molecule has 116 valence electrons. The third kappa shape index (κ3) is 4.63. The van der Waals surface area contributed by atoms with Crippen molar-refractivity contribution in [1.29, 1.82) is 0 Å². The lowest BCUT2D eigenvalue weighted by molar-refractivity contribution is 0.139. The van der Waals surface area contributed by atoms with Crippen LogP contribution in [-0.2, 0) is 0 Å². The van der Waals surface area contributed by atoms with E-state index in [4.69, 9.17) is 0 Å². The van der Waals surface area contributed by atoms with Gasteiger partial charge < -0.3 is 20.0 Å². The van der Waals surface area contributed by atoms with E-state index in [0.29, 0.717) is 5.92 Å². The smallest absolute Gasteiger partial charge is 0.193 e. The van der Waals surface area contributed by atoms with Crippen molar-refractivity contribution in [3.63, 3.8) is 0 Å². The molecule has 5 nitrogen and oxygen atoms in total. The molecule has 0 radical (unpaired) electrons. The molecule has 2 rings (SSSR count). The monoisotopic (exact) mass is 281 g/mol. The molecule has 0 saturated carbocycles. The molecule has 0 aromatic rings. The zero-order valence-corrected chi connectivity index (χ0v) is 13.4. The van der Waals surface area contributed by atoms with E-state index in [1.807, 2.05) is 7.05 Å². The van der Waals surface area contributed by atoms with Gasteiger partial charge in [-0.2, -0.15) is 0 Å². The van der Waals surface area contributed by atoms with Crippen LogP contribution in [0.2, 0.25) is 0 Å². The number of likely N-dealkylation sites (N-methyl/N-ethyl adjacent to an activating group) is 1. The lowest BCUT2D eigenvalue weighted by Crippen LogP contribution is -2.47. The molecule has 2 heterocycles. The zero-order valence-electron chi connectivity index (χ0n) is 13.4. The summed E-state index contributed by atoms with van der Waals surface area (Å²) in [4.78, 5) is 11.8. The van der Waals surface area contributed by atoms with Gasteiger partial charge in [0.2, 0.25) is 0 Å². The Morgan fingerprint density at radius 2 is 1.75 bits per heavy atom. The van der Waals surface area contributed by atoms with Gasteiger partial charge in [-0.05, 0) is 25.8 Å². The molecule has 0 aliphatic carbocycles. The highest BCUT2D eigenvalue weighted by molar-refractivity contribution is 5.80. The summed E-state index contributed by atoms with van der Waals surface area (Å²) >= 11 is 0. The number of nitrogens with one attached hydrogen (secondary N) is 1. The molecule has 1 unspecified atom stereocenters. The van der Waals surface area contributed by atoms with Gasteiger partial charge in [0.05, 0.1) is 0 Å². The first-order chi connectivity index (χ1) is 9.69. The van der Waals surface area contributed by atoms with E-state index >= 15 is 0 Å². The lowest BCUT2D eigenvalue weighted by atomic mass is 10.1. The van der Waals surface area contributed by atoms with Crippen molar-refractivity contribution >= 4 is 5.96 Å². The summed E-state index contributed by atoms with van der Waals surface area (Å²) in [6, 6.07) is 0. The van der Waals surface area contributed by atoms with E-state index in [1.165, 1.54) is 45.6 Å². The van der Waals surface area contributed by atoms with E-state index in [1.54, 1.807) is 0 Å². The van der Waals surface area contributed by atoms with Crippen molar-refractivity contribution in [2.24, 2.45) is 10.9 Å². The van der Waals surface area contributed by atoms with Crippen molar-refractivity contribution in [2.45, 2.75) is 19.8 Å². The van der Waals surface area contributed by atoms with Crippen LogP contribution in [0.1, 0.15) is 19.8 Å². The van der Waals surface area contributed by atoms with Gasteiger partial charge in [-0.25, -0.2) is 0 Å². The first-order valence-corrected chi connectivity index (χ1v) is 8.05. The Balaban J connectivity index is 1.67. The van der Waals surface area contributed by atoms with Gasteiger partial charge in [0.1, 0.15) is 0 Å². The highest BCUT2D eigenvalue weighted by Crippen LogP contribution is 2.08. The summed E-state index contributed by atoms with van der Waals surface area (Å²) < 4.78 is 0. The second kappa shape index (κ2) is 7.84. The minimum Gasteiger partial charge on any atom is -0.356 e. The fourth-order valence-electron chi connectivity index (χ4n) is 3.06. The fraction of sp³-hybridized carbons (Fsp3) is 0.933. The van der Waals surface area contributed by atoms with Crippen molar-refractivity contribution < 1.29 is 0 Å². The molecule has 2 aliphatic heterocycles. The molecule has 5 heteroatoms. The molecule has 2 saturated heterocycles. The van der Waals surface area contributed by atoms with Crippen molar-refractivity contribution in [1.82, 2.24) is 20.0 Å². The minimum atomic E-state index is 0.665. The topological polar surface area (TPSA) is 34.1 Å². The Hall–Kier alpha value is -0.810. The normalized spacial score (nSPS) is 24.1. The van der Waals surface area contributed by atoms with E-state index in [2.05, 4.69) is 39.0 Å². The van der Waals surface area contributed by atoms with Crippen molar-refractivity contribution in [3.8, 4) is 0 Å².